The standard InChI is InChI=1S/C22H21N7/c1-13-6-16-9-15(3-4-19(16)27-13)10-24-22-25-11-18(21(23)28-22)8-14-2-5-20-17(7-14)12-26-29-20/h2-7,9,11-12,27H,8,10H2,1H3,(H,26,29)(H3,23,24,25,28). The Hall–Kier alpha value is -3.87. The van der Waals surface area contributed by atoms with Crippen LogP contribution in [0.4, 0.5) is 11.8 Å². The number of aromatic amines is 2. The topological polar surface area (TPSA) is 108 Å². The number of nitrogens with one attached hydrogen (secondary N) is 3. The van der Waals surface area contributed by atoms with Crippen LogP contribution in [-0.2, 0) is 13.0 Å². The van der Waals surface area contributed by atoms with Gasteiger partial charge in [0.1, 0.15) is 5.82 Å². The molecule has 7 heteroatoms. The summed E-state index contributed by atoms with van der Waals surface area (Å²) in [4.78, 5) is 12.2. The van der Waals surface area contributed by atoms with E-state index in [2.05, 4.69) is 73.8 Å². The SMILES string of the molecule is Cc1cc2cc(CNc3ncc(Cc4ccc5[nH]ncc5c4)c(N)n3)ccc2[nH]1. The molecule has 144 valence electrons. The van der Waals surface area contributed by atoms with Crippen LogP contribution in [0.25, 0.3) is 21.8 Å². The van der Waals surface area contributed by atoms with Crippen molar-refractivity contribution in [1.82, 2.24) is 25.1 Å². The van der Waals surface area contributed by atoms with Crippen LogP contribution in [0.5, 0.6) is 0 Å². The van der Waals surface area contributed by atoms with Crippen molar-refractivity contribution in [2.45, 2.75) is 19.9 Å². The number of fused-ring (bicyclic) bond motifs is 2. The summed E-state index contributed by atoms with van der Waals surface area (Å²) < 4.78 is 0. The lowest BCUT2D eigenvalue weighted by Crippen LogP contribution is -2.07. The van der Waals surface area contributed by atoms with Gasteiger partial charge in [0.25, 0.3) is 0 Å². The van der Waals surface area contributed by atoms with Crippen molar-refractivity contribution in [3.63, 3.8) is 0 Å². The zero-order chi connectivity index (χ0) is 19.8. The quantitative estimate of drug-likeness (QED) is 0.368. The van der Waals surface area contributed by atoms with E-state index >= 15 is 0 Å². The van der Waals surface area contributed by atoms with Crippen molar-refractivity contribution in [2.24, 2.45) is 0 Å². The summed E-state index contributed by atoms with van der Waals surface area (Å²) in [5.41, 5.74) is 12.7. The molecule has 0 radical (unpaired) electrons. The van der Waals surface area contributed by atoms with E-state index in [-0.39, 0.29) is 0 Å². The fourth-order valence-electron chi connectivity index (χ4n) is 3.58. The maximum atomic E-state index is 6.19. The number of nitrogens with two attached hydrogens (primary N) is 1. The summed E-state index contributed by atoms with van der Waals surface area (Å²) in [5.74, 6) is 1.02. The molecule has 2 aromatic carbocycles. The Morgan fingerprint density at radius 3 is 2.69 bits per heavy atom. The van der Waals surface area contributed by atoms with Crippen molar-refractivity contribution in [2.75, 3.05) is 11.1 Å². The van der Waals surface area contributed by atoms with E-state index < -0.39 is 0 Å². The summed E-state index contributed by atoms with van der Waals surface area (Å²) in [6, 6.07) is 14.7. The summed E-state index contributed by atoms with van der Waals surface area (Å²) in [6.07, 6.45) is 4.29. The van der Waals surface area contributed by atoms with Crippen molar-refractivity contribution >= 4 is 33.6 Å². The Bertz CT molecular complexity index is 1320. The third-order valence-electron chi connectivity index (χ3n) is 5.07. The van der Waals surface area contributed by atoms with E-state index in [1.807, 2.05) is 12.3 Å². The Labute approximate surface area is 167 Å². The average Bonchev–Trinajstić information content (AvgIpc) is 3.32. The Balaban J connectivity index is 1.29. The van der Waals surface area contributed by atoms with Gasteiger partial charge in [-0.1, -0.05) is 12.1 Å². The molecule has 0 aliphatic heterocycles. The molecule has 5 rings (SSSR count). The highest BCUT2D eigenvalue weighted by Gasteiger charge is 2.07. The highest BCUT2D eigenvalue weighted by Crippen LogP contribution is 2.20. The minimum absolute atomic E-state index is 0.492. The second kappa shape index (κ2) is 6.94. The largest absolute Gasteiger partial charge is 0.383 e. The van der Waals surface area contributed by atoms with Crippen LogP contribution in [0.2, 0.25) is 0 Å². The molecule has 3 heterocycles. The molecule has 0 aliphatic rings. The molecule has 29 heavy (non-hydrogen) atoms. The molecule has 0 saturated carbocycles. The number of nitrogen functional groups attached to an aromatic ring is 1. The zero-order valence-electron chi connectivity index (χ0n) is 16.0. The average molecular weight is 383 g/mol. The monoisotopic (exact) mass is 383 g/mol. The lowest BCUT2D eigenvalue weighted by molar-refractivity contribution is 1.03. The molecule has 7 nitrogen and oxygen atoms in total. The van der Waals surface area contributed by atoms with Crippen LogP contribution in [0, 0.1) is 6.92 Å². The lowest BCUT2D eigenvalue weighted by atomic mass is 10.1. The highest BCUT2D eigenvalue weighted by atomic mass is 15.1. The van der Waals surface area contributed by atoms with Gasteiger partial charge in [-0.15, -0.1) is 0 Å². The second-order valence-electron chi connectivity index (χ2n) is 7.30. The van der Waals surface area contributed by atoms with Crippen molar-refractivity contribution in [3.8, 4) is 0 Å². The number of H-pyrrole nitrogens is 2. The fourth-order valence-corrected chi connectivity index (χ4v) is 3.58. The molecule has 0 bridgehead atoms. The van der Waals surface area contributed by atoms with Gasteiger partial charge >= 0.3 is 0 Å². The van der Waals surface area contributed by atoms with Crippen molar-refractivity contribution < 1.29 is 0 Å². The summed E-state index contributed by atoms with van der Waals surface area (Å²) >= 11 is 0. The first-order valence-electron chi connectivity index (χ1n) is 9.49. The van der Waals surface area contributed by atoms with Crippen LogP contribution in [0.3, 0.4) is 0 Å². The summed E-state index contributed by atoms with van der Waals surface area (Å²) in [7, 11) is 0. The number of rotatable bonds is 5. The van der Waals surface area contributed by atoms with E-state index in [0.29, 0.717) is 24.7 Å². The predicted molar refractivity (Wildman–Crippen MR) is 116 cm³/mol. The third-order valence-corrected chi connectivity index (χ3v) is 5.07. The van der Waals surface area contributed by atoms with Crippen molar-refractivity contribution in [1.29, 1.82) is 0 Å². The van der Waals surface area contributed by atoms with E-state index in [9.17, 15) is 0 Å². The first-order chi connectivity index (χ1) is 14.1. The normalized spacial score (nSPS) is 11.3. The number of nitrogens with zero attached hydrogens (tertiary/aromatic N) is 3. The number of aryl methyl sites for hydroxylation is 1. The van der Waals surface area contributed by atoms with Gasteiger partial charge < -0.3 is 16.0 Å². The predicted octanol–water partition coefficient (Wildman–Crippen LogP) is 3.93. The van der Waals surface area contributed by atoms with Crippen LogP contribution in [0.1, 0.15) is 22.4 Å². The van der Waals surface area contributed by atoms with Gasteiger partial charge in [-0.3, -0.25) is 5.10 Å². The second-order valence-corrected chi connectivity index (χ2v) is 7.30. The Kier molecular flexibility index (Phi) is 4.13. The number of aromatic nitrogens is 5. The maximum absolute atomic E-state index is 6.19. The fraction of sp³-hybridized carbons (Fsp3) is 0.136. The molecule has 0 fully saturated rings. The first kappa shape index (κ1) is 17.2. The van der Waals surface area contributed by atoms with E-state index in [1.54, 1.807) is 6.20 Å². The van der Waals surface area contributed by atoms with Crippen LogP contribution >= 0.6 is 0 Å². The smallest absolute Gasteiger partial charge is 0.224 e. The first-order valence-corrected chi connectivity index (χ1v) is 9.49. The number of hydrogen-bond acceptors (Lipinski definition) is 5. The highest BCUT2D eigenvalue weighted by molar-refractivity contribution is 5.81. The molecule has 0 aliphatic carbocycles. The molecule has 0 amide bonds. The number of hydrogen-bond donors (Lipinski definition) is 4. The van der Waals surface area contributed by atoms with Crippen LogP contribution < -0.4 is 11.1 Å². The molecule has 3 aromatic heterocycles. The van der Waals surface area contributed by atoms with E-state index in [0.717, 1.165) is 38.8 Å². The summed E-state index contributed by atoms with van der Waals surface area (Å²) in [6.45, 7) is 2.69. The van der Waals surface area contributed by atoms with Gasteiger partial charge in [0.2, 0.25) is 5.95 Å². The maximum Gasteiger partial charge on any atom is 0.224 e. The molecular weight excluding hydrogens is 362 g/mol. The van der Waals surface area contributed by atoms with Gasteiger partial charge in [-0.25, -0.2) is 4.98 Å². The Morgan fingerprint density at radius 2 is 1.79 bits per heavy atom. The van der Waals surface area contributed by atoms with Gasteiger partial charge in [0.05, 0.1) is 11.7 Å². The zero-order valence-corrected chi connectivity index (χ0v) is 16.0. The Morgan fingerprint density at radius 1 is 0.966 bits per heavy atom. The molecule has 0 unspecified atom stereocenters. The molecule has 0 atom stereocenters. The minimum Gasteiger partial charge on any atom is -0.383 e. The molecule has 0 saturated heterocycles. The van der Waals surface area contributed by atoms with Gasteiger partial charge in [-0.2, -0.15) is 10.1 Å². The van der Waals surface area contributed by atoms with Gasteiger partial charge in [-0.05, 0) is 53.8 Å². The molecular formula is C22H21N7. The summed E-state index contributed by atoms with van der Waals surface area (Å²) in [5, 5.41) is 12.6. The van der Waals surface area contributed by atoms with E-state index in [1.165, 1.54) is 5.39 Å². The van der Waals surface area contributed by atoms with Gasteiger partial charge in [0, 0.05) is 41.3 Å². The number of benzene rings is 2. The van der Waals surface area contributed by atoms with Crippen LogP contribution in [-0.4, -0.2) is 25.1 Å². The van der Waals surface area contributed by atoms with E-state index in [4.69, 9.17) is 5.73 Å². The number of anilines is 2. The molecule has 5 aromatic rings. The third kappa shape index (κ3) is 3.50. The minimum atomic E-state index is 0.492. The molecule has 0 spiro atoms. The van der Waals surface area contributed by atoms with Crippen molar-refractivity contribution in [3.05, 3.63) is 77.2 Å². The molecule has 5 N–H and O–H groups in total. The van der Waals surface area contributed by atoms with Crippen LogP contribution in [0.15, 0.2) is 54.9 Å². The lowest BCUT2D eigenvalue weighted by Gasteiger charge is -2.09. The van der Waals surface area contributed by atoms with Gasteiger partial charge in [0.15, 0.2) is 0 Å².